The molecule has 1 aliphatic heterocycles. The lowest BCUT2D eigenvalue weighted by Gasteiger charge is -2.38. The second kappa shape index (κ2) is 53.4. The Morgan fingerprint density at radius 3 is 0.464 bits per heavy atom. The molecule has 0 saturated heterocycles. The van der Waals surface area contributed by atoms with Crippen molar-refractivity contribution >= 4 is 177 Å². The van der Waals surface area contributed by atoms with Gasteiger partial charge in [0, 0.05) is 124 Å². The minimum Gasteiger partial charge on any atom is -0.455 e. The van der Waals surface area contributed by atoms with Gasteiger partial charge in [-0.25, -0.2) is 0 Å². The summed E-state index contributed by atoms with van der Waals surface area (Å²) >= 11 is 0. The van der Waals surface area contributed by atoms with Crippen LogP contribution in [-0.2, 0) is 31.1 Å². The SMILES string of the molecule is CC1(C)c2cccc(P(c3ccc(CC[Si](CCC[Si](C)(C)C)(CCC[Si](C)(C)C)CCC[Si](C)(C)C)cc3)c3ccc(CC[Si](CCC[Si](C)(C)C)(CCC[Si](C)(C)C)CCC[Si](C)(C)C)cc3)c2Oc2c(P(c3ccc(CC[Si](CCC[Si](C)(C)C)(CCC[Si](C)(C)C)CCC[Si](C)(C)C)cc3)c3ccc(CC[Si](CCC[Si](C)(C)C)(CCC[Si](C)(C)C)CCC[Si](C)(C)C)cc3)cccc21. The van der Waals surface area contributed by atoms with Gasteiger partial charge in [0.1, 0.15) is 11.5 Å². The maximum absolute atomic E-state index is 8.34. The van der Waals surface area contributed by atoms with Crippen LogP contribution in [0.4, 0.5) is 0 Å². The molecule has 138 heavy (non-hydrogen) atoms. The molecule has 6 aromatic carbocycles. The number of benzene rings is 6. The average Bonchev–Trinajstić information content (AvgIpc) is 0.721. The van der Waals surface area contributed by atoms with Gasteiger partial charge in [-0.2, -0.15) is 0 Å². The van der Waals surface area contributed by atoms with E-state index in [4.69, 9.17) is 4.74 Å². The summed E-state index contributed by atoms with van der Waals surface area (Å²) in [5, 5.41) is 8.64. The molecule has 0 bridgehead atoms. The van der Waals surface area contributed by atoms with E-state index in [-0.39, 0.29) is 5.41 Å². The molecular weight excluding hydrogens is 1960 g/mol. The fraction of sp³-hybridized carbons (Fsp3) is 0.697. The van der Waals surface area contributed by atoms with E-state index < -0.39 is 145 Å². The maximum Gasteiger partial charge on any atom is 0.139 e. The van der Waals surface area contributed by atoms with Gasteiger partial charge in [0.05, 0.1) is 32.3 Å². The molecule has 0 amide bonds. The van der Waals surface area contributed by atoms with Gasteiger partial charge in [0.2, 0.25) is 0 Å². The van der Waals surface area contributed by atoms with E-state index in [1.165, 1.54) is 242 Å². The Bertz CT molecular complexity index is 3820. The largest absolute Gasteiger partial charge is 0.455 e. The molecule has 0 N–H and O–H groups in total. The van der Waals surface area contributed by atoms with Crippen LogP contribution >= 0.6 is 15.8 Å². The molecule has 6 aromatic rings. The van der Waals surface area contributed by atoms with Crippen molar-refractivity contribution in [3.05, 3.63) is 167 Å². The van der Waals surface area contributed by atoms with E-state index in [0.717, 1.165) is 11.5 Å². The van der Waals surface area contributed by atoms with E-state index in [2.05, 4.69) is 383 Å². The molecule has 1 aliphatic rings. The van der Waals surface area contributed by atoms with Crippen LogP contribution in [0, 0.1) is 0 Å². The molecular formula is C119H224OP2Si16. The van der Waals surface area contributed by atoms with Crippen LogP contribution in [0.2, 0.25) is 405 Å². The second-order valence-corrected chi connectivity index (χ2v) is 153. The summed E-state index contributed by atoms with van der Waals surface area (Å²) in [5.74, 6) is 2.25. The first-order valence-electron chi connectivity index (χ1n) is 57.3. The number of ether oxygens (including phenoxy) is 1. The molecule has 0 unspecified atom stereocenters. The lowest BCUT2D eigenvalue weighted by molar-refractivity contribution is 0.425. The first kappa shape index (κ1) is 124. The van der Waals surface area contributed by atoms with Gasteiger partial charge in [0.25, 0.3) is 0 Å². The highest BCUT2D eigenvalue weighted by atomic mass is 31.1. The van der Waals surface area contributed by atoms with E-state index in [9.17, 15) is 0 Å². The summed E-state index contributed by atoms with van der Waals surface area (Å²) < 4.78 is 8.34. The van der Waals surface area contributed by atoms with E-state index in [0.29, 0.717) is 0 Å². The summed E-state index contributed by atoms with van der Waals surface area (Å²) in [7, 11) is -22.6. The number of para-hydroxylation sites is 2. The molecule has 0 radical (unpaired) electrons. The molecule has 0 aromatic heterocycles. The first-order chi connectivity index (χ1) is 63.4. The molecule has 1 nitrogen and oxygen atoms in total. The Morgan fingerprint density at radius 1 is 0.181 bits per heavy atom. The van der Waals surface area contributed by atoms with Crippen LogP contribution in [0.25, 0.3) is 0 Å². The standard InChI is InChI=1S/C119H224OP2Si16/c1-119(2)113-53-39-55-115(121(109-65-57-105(58-66-109)73-101-135(89-41-77-123(3,4)5,90-42-78-124(6,7)8)91-43-79-125(9,10)11)110-67-59-106(60-68-110)74-102-136(92-44-80-126(12,13)14,93-45-81-127(15,16)17)94-46-82-128(18,19)20)117(113)120-118-114(119)54-40-56-116(118)122(111-69-61-107(62-70-111)75-103-137(95-47-83-129(21,22)23,96-48-84-130(24,25)26)97-49-85-131(27,28)29)112-71-63-108(64-72-112)76-104-138(98-50-86-132(30,31)32,99-51-87-133(33,34)35)100-52-88-134(36,37)38/h39-40,53-72H,41-52,73-104H2,1-38H3. The average molecular weight is 2180 g/mol. The Morgan fingerprint density at radius 2 is 0.326 bits per heavy atom. The van der Waals surface area contributed by atoms with Crippen molar-refractivity contribution in [3.63, 3.8) is 0 Å². The molecule has 0 saturated carbocycles. The highest BCUT2D eigenvalue weighted by molar-refractivity contribution is 7.80. The van der Waals surface area contributed by atoms with Gasteiger partial charge in [-0.3, -0.25) is 0 Å². The van der Waals surface area contributed by atoms with Crippen LogP contribution in [0.3, 0.4) is 0 Å². The van der Waals surface area contributed by atoms with Gasteiger partial charge in [-0.15, -0.1) is 0 Å². The Kier molecular flexibility index (Phi) is 48.2. The van der Waals surface area contributed by atoms with Crippen molar-refractivity contribution in [2.24, 2.45) is 0 Å². The molecule has 780 valence electrons. The van der Waals surface area contributed by atoms with Gasteiger partial charge in [0.15, 0.2) is 0 Å². The topological polar surface area (TPSA) is 9.23 Å². The minimum absolute atomic E-state index is 0.325. The normalized spacial score (nSPS) is 14.5. The lowest BCUT2D eigenvalue weighted by Crippen LogP contribution is -2.36. The molecule has 0 fully saturated rings. The lowest BCUT2D eigenvalue weighted by atomic mass is 9.76. The van der Waals surface area contributed by atoms with E-state index >= 15 is 0 Å². The predicted molar refractivity (Wildman–Crippen MR) is 690 cm³/mol. The van der Waals surface area contributed by atoms with Crippen LogP contribution in [0.5, 0.6) is 11.5 Å². The van der Waals surface area contributed by atoms with Gasteiger partial charge >= 0.3 is 0 Å². The zero-order valence-electron chi connectivity index (χ0n) is 98.6. The number of hydrogen-bond donors (Lipinski definition) is 0. The minimum atomic E-state index is -1.61. The van der Waals surface area contributed by atoms with Crippen molar-refractivity contribution in [2.45, 2.75) is 527 Å². The van der Waals surface area contributed by atoms with Crippen molar-refractivity contribution < 1.29 is 4.74 Å². The Labute approximate surface area is 878 Å². The van der Waals surface area contributed by atoms with Crippen LogP contribution in [0.1, 0.15) is 124 Å². The van der Waals surface area contributed by atoms with Crippen molar-refractivity contribution in [3.8, 4) is 11.5 Å². The van der Waals surface area contributed by atoms with Crippen molar-refractivity contribution in [2.75, 3.05) is 0 Å². The molecule has 0 atom stereocenters. The molecule has 19 heteroatoms. The molecule has 7 rings (SSSR count). The molecule has 0 spiro atoms. The zero-order valence-corrected chi connectivity index (χ0v) is 116. The zero-order chi connectivity index (χ0) is 103. The second-order valence-electron chi connectivity index (χ2n) is 61.3. The van der Waals surface area contributed by atoms with Gasteiger partial charge in [-0.05, 0) is 85.0 Å². The van der Waals surface area contributed by atoms with E-state index in [1.807, 2.05) is 0 Å². The van der Waals surface area contributed by atoms with E-state index in [1.54, 1.807) is 94.8 Å². The summed E-state index contributed by atoms with van der Waals surface area (Å²) in [5.41, 5.74) is 8.63. The van der Waals surface area contributed by atoms with Gasteiger partial charge in [-0.1, -0.05) is 629 Å². The van der Waals surface area contributed by atoms with Gasteiger partial charge < -0.3 is 4.74 Å². The van der Waals surface area contributed by atoms with Crippen LogP contribution in [0.15, 0.2) is 133 Å². The van der Waals surface area contributed by atoms with Crippen LogP contribution < -0.4 is 36.6 Å². The highest BCUT2D eigenvalue weighted by Crippen LogP contribution is 2.54. The maximum atomic E-state index is 8.34. The number of hydrogen-bond acceptors (Lipinski definition) is 1. The van der Waals surface area contributed by atoms with Crippen LogP contribution in [-0.4, -0.2) is 129 Å². The van der Waals surface area contributed by atoms with Crippen molar-refractivity contribution in [1.29, 1.82) is 0 Å². The monoisotopic (exact) mass is 2180 g/mol. The predicted octanol–water partition coefficient (Wildman–Crippen LogP) is 40.3. The quantitative estimate of drug-likeness (QED) is 0.0273. The number of fused-ring (bicyclic) bond motifs is 2. The smallest absolute Gasteiger partial charge is 0.139 e. The summed E-state index contributed by atoms with van der Waals surface area (Å²) in [4.78, 5) is 0. The fourth-order valence-electron chi connectivity index (χ4n) is 23.5. The third-order valence-corrected chi connectivity index (χ3v) is 81.6. The molecule has 0 aliphatic carbocycles. The number of rotatable bonds is 66. The summed E-state index contributed by atoms with van der Waals surface area (Å²) in [6.45, 7) is 100. The Balaban J connectivity index is 1.44. The summed E-state index contributed by atoms with van der Waals surface area (Å²) in [6.07, 6.45) is 22.5. The number of aryl methyl sites for hydroxylation is 4. The fourth-order valence-corrected chi connectivity index (χ4v) is 67.7. The third-order valence-electron chi connectivity index (χ3n) is 32.2. The Hall–Kier alpha value is -0.550. The third kappa shape index (κ3) is 47.3. The summed E-state index contributed by atoms with van der Waals surface area (Å²) in [6, 6.07) is 99.6. The van der Waals surface area contributed by atoms with Crippen molar-refractivity contribution in [1.82, 2.24) is 0 Å². The highest BCUT2D eigenvalue weighted by Gasteiger charge is 2.43. The molecule has 1 heterocycles. The first-order valence-corrected chi connectivity index (χ1v) is 116.